The van der Waals surface area contributed by atoms with Crippen LogP contribution in [0.3, 0.4) is 0 Å². The van der Waals surface area contributed by atoms with Crippen molar-refractivity contribution in [2.75, 3.05) is 24.7 Å². The third kappa shape index (κ3) is 2.60. The molecule has 0 bridgehead atoms. The number of hydrogen-bond donors (Lipinski definition) is 1. The van der Waals surface area contributed by atoms with E-state index in [9.17, 15) is 4.79 Å². The van der Waals surface area contributed by atoms with Gasteiger partial charge in [0.15, 0.2) is 0 Å². The predicted octanol–water partition coefficient (Wildman–Crippen LogP) is 1.24. The average molecular weight is 246 g/mol. The number of morpholine rings is 1. The molecule has 1 aromatic rings. The van der Waals surface area contributed by atoms with Crippen molar-refractivity contribution in [1.29, 1.82) is 5.26 Å². The molecule has 0 amide bonds. The van der Waals surface area contributed by atoms with Crippen LogP contribution < -0.4 is 4.90 Å². The molecule has 1 unspecified atom stereocenters. The van der Waals surface area contributed by atoms with E-state index in [0.29, 0.717) is 25.3 Å². The van der Waals surface area contributed by atoms with Crippen LogP contribution in [0, 0.1) is 11.3 Å². The van der Waals surface area contributed by atoms with Crippen molar-refractivity contribution < 1.29 is 14.6 Å². The van der Waals surface area contributed by atoms with Crippen LogP contribution in [-0.2, 0) is 9.53 Å². The number of anilines is 1. The molecule has 0 spiro atoms. The maximum Gasteiger partial charge on any atom is 0.305 e. The quantitative estimate of drug-likeness (QED) is 0.868. The molecule has 2 rings (SSSR count). The summed E-state index contributed by atoms with van der Waals surface area (Å²) < 4.78 is 5.32. The molecule has 0 aliphatic carbocycles. The van der Waals surface area contributed by atoms with Gasteiger partial charge in [-0.2, -0.15) is 5.26 Å². The summed E-state index contributed by atoms with van der Waals surface area (Å²) in [5, 5.41) is 18.0. The Balaban J connectivity index is 2.28. The zero-order valence-corrected chi connectivity index (χ0v) is 9.87. The van der Waals surface area contributed by atoms with E-state index in [4.69, 9.17) is 15.1 Å². The lowest BCUT2D eigenvalue weighted by molar-refractivity contribution is -0.138. The molecule has 1 heterocycles. The van der Waals surface area contributed by atoms with Crippen molar-refractivity contribution in [3.05, 3.63) is 29.8 Å². The zero-order chi connectivity index (χ0) is 13.0. The van der Waals surface area contributed by atoms with Crippen molar-refractivity contribution in [2.45, 2.75) is 12.5 Å². The number of rotatable bonds is 3. The summed E-state index contributed by atoms with van der Waals surface area (Å²) in [4.78, 5) is 12.8. The lowest BCUT2D eigenvalue weighted by Crippen LogP contribution is -2.47. The molecule has 94 valence electrons. The Morgan fingerprint density at radius 2 is 2.33 bits per heavy atom. The number of hydrogen-bond acceptors (Lipinski definition) is 4. The standard InChI is InChI=1S/C13H14N2O3/c14-8-10-3-1-2-4-12(10)15-5-6-18-9-11(15)7-13(16)17/h1-4,11H,5-7,9H2,(H,16,17). The Morgan fingerprint density at radius 1 is 1.56 bits per heavy atom. The Labute approximate surface area is 105 Å². The fourth-order valence-electron chi connectivity index (χ4n) is 2.16. The van der Waals surface area contributed by atoms with Gasteiger partial charge in [0.1, 0.15) is 6.07 Å². The van der Waals surface area contributed by atoms with Crippen molar-refractivity contribution in [3.63, 3.8) is 0 Å². The number of carboxylic acid groups (broad SMARTS) is 1. The minimum absolute atomic E-state index is 0.0137. The molecule has 1 aliphatic heterocycles. The van der Waals surface area contributed by atoms with Crippen LogP contribution in [0.1, 0.15) is 12.0 Å². The van der Waals surface area contributed by atoms with E-state index in [-0.39, 0.29) is 12.5 Å². The highest BCUT2D eigenvalue weighted by atomic mass is 16.5. The number of benzene rings is 1. The summed E-state index contributed by atoms with van der Waals surface area (Å²) in [7, 11) is 0. The maximum absolute atomic E-state index is 10.9. The molecule has 1 aromatic carbocycles. The highest BCUT2D eigenvalue weighted by molar-refractivity contribution is 5.69. The summed E-state index contributed by atoms with van der Waals surface area (Å²) >= 11 is 0. The predicted molar refractivity (Wildman–Crippen MR) is 65.4 cm³/mol. The van der Waals surface area contributed by atoms with Crippen molar-refractivity contribution in [1.82, 2.24) is 0 Å². The van der Waals surface area contributed by atoms with Gasteiger partial charge < -0.3 is 14.7 Å². The minimum atomic E-state index is -0.857. The first kappa shape index (κ1) is 12.4. The van der Waals surface area contributed by atoms with Gasteiger partial charge in [0.05, 0.1) is 36.9 Å². The first-order valence-corrected chi connectivity index (χ1v) is 5.77. The molecule has 5 heteroatoms. The molecule has 1 aliphatic rings. The van der Waals surface area contributed by atoms with Crippen LogP contribution >= 0.6 is 0 Å². The zero-order valence-electron chi connectivity index (χ0n) is 9.87. The van der Waals surface area contributed by atoms with Crippen LogP contribution in [0.25, 0.3) is 0 Å². The van der Waals surface area contributed by atoms with Crippen LogP contribution in [0.5, 0.6) is 0 Å². The van der Waals surface area contributed by atoms with Crippen LogP contribution in [0.15, 0.2) is 24.3 Å². The molecule has 5 nitrogen and oxygen atoms in total. The third-order valence-corrected chi connectivity index (χ3v) is 2.97. The smallest absolute Gasteiger partial charge is 0.305 e. The second-order valence-electron chi connectivity index (χ2n) is 4.15. The average Bonchev–Trinajstić information content (AvgIpc) is 2.39. The largest absolute Gasteiger partial charge is 0.481 e. The topological polar surface area (TPSA) is 73.6 Å². The Morgan fingerprint density at radius 3 is 3.06 bits per heavy atom. The summed E-state index contributed by atoms with van der Waals surface area (Å²) in [5.41, 5.74) is 1.35. The summed E-state index contributed by atoms with van der Waals surface area (Å²) in [5.74, 6) is -0.857. The van der Waals surface area contributed by atoms with Gasteiger partial charge in [0.25, 0.3) is 0 Å². The molecule has 0 saturated carbocycles. The van der Waals surface area contributed by atoms with Gasteiger partial charge in [0, 0.05) is 6.54 Å². The number of para-hydroxylation sites is 1. The van der Waals surface area contributed by atoms with Gasteiger partial charge in [-0.25, -0.2) is 0 Å². The van der Waals surface area contributed by atoms with Gasteiger partial charge in [-0.05, 0) is 12.1 Å². The first-order chi connectivity index (χ1) is 8.72. The number of carboxylic acids is 1. The van der Waals surface area contributed by atoms with Crippen molar-refractivity contribution in [2.24, 2.45) is 0 Å². The molecule has 0 radical (unpaired) electrons. The molecule has 1 atom stereocenters. The third-order valence-electron chi connectivity index (χ3n) is 2.97. The maximum atomic E-state index is 10.9. The second kappa shape index (κ2) is 5.52. The number of carbonyl (C=O) groups is 1. The number of ether oxygens (including phenoxy) is 1. The molecule has 1 fully saturated rings. The summed E-state index contributed by atoms with van der Waals surface area (Å²) in [6.45, 7) is 1.54. The van der Waals surface area contributed by atoms with Gasteiger partial charge in [-0.15, -0.1) is 0 Å². The molecule has 18 heavy (non-hydrogen) atoms. The molecular weight excluding hydrogens is 232 g/mol. The Bertz CT molecular complexity index is 481. The van der Waals surface area contributed by atoms with Gasteiger partial charge in [-0.1, -0.05) is 12.1 Å². The molecule has 0 aromatic heterocycles. The van der Waals surface area contributed by atoms with Gasteiger partial charge >= 0.3 is 5.97 Å². The van der Waals surface area contributed by atoms with Gasteiger partial charge in [0.2, 0.25) is 0 Å². The summed E-state index contributed by atoms with van der Waals surface area (Å²) in [6.07, 6.45) is 0.0137. The minimum Gasteiger partial charge on any atom is -0.481 e. The highest BCUT2D eigenvalue weighted by Gasteiger charge is 2.26. The van der Waals surface area contributed by atoms with E-state index < -0.39 is 5.97 Å². The number of aliphatic carboxylic acids is 1. The number of nitriles is 1. The van der Waals surface area contributed by atoms with E-state index in [1.807, 2.05) is 17.0 Å². The van der Waals surface area contributed by atoms with Crippen LogP contribution in [0.4, 0.5) is 5.69 Å². The Hall–Kier alpha value is -2.06. The second-order valence-corrected chi connectivity index (χ2v) is 4.15. The van der Waals surface area contributed by atoms with E-state index in [0.717, 1.165) is 5.69 Å². The Kier molecular flexibility index (Phi) is 3.80. The molecule has 1 saturated heterocycles. The fraction of sp³-hybridized carbons (Fsp3) is 0.385. The van der Waals surface area contributed by atoms with Crippen molar-refractivity contribution in [3.8, 4) is 6.07 Å². The fourth-order valence-corrected chi connectivity index (χ4v) is 2.16. The highest BCUT2D eigenvalue weighted by Crippen LogP contribution is 2.24. The number of nitrogens with zero attached hydrogens (tertiary/aromatic N) is 2. The van der Waals surface area contributed by atoms with E-state index in [1.54, 1.807) is 12.1 Å². The van der Waals surface area contributed by atoms with Gasteiger partial charge in [-0.3, -0.25) is 4.79 Å². The lowest BCUT2D eigenvalue weighted by atomic mass is 10.1. The normalized spacial score (nSPS) is 19.3. The first-order valence-electron chi connectivity index (χ1n) is 5.77. The summed E-state index contributed by atoms with van der Waals surface area (Å²) in [6, 6.07) is 9.16. The molecular formula is C13H14N2O3. The van der Waals surface area contributed by atoms with Crippen molar-refractivity contribution >= 4 is 11.7 Å². The van der Waals surface area contributed by atoms with E-state index >= 15 is 0 Å². The van der Waals surface area contributed by atoms with Crippen LogP contribution in [-0.4, -0.2) is 36.9 Å². The monoisotopic (exact) mass is 246 g/mol. The molecule has 1 N–H and O–H groups in total. The SMILES string of the molecule is N#Cc1ccccc1N1CCOCC1CC(=O)O. The lowest BCUT2D eigenvalue weighted by Gasteiger charge is -2.37. The van der Waals surface area contributed by atoms with E-state index in [2.05, 4.69) is 6.07 Å². The van der Waals surface area contributed by atoms with E-state index in [1.165, 1.54) is 0 Å². The van der Waals surface area contributed by atoms with Crippen LogP contribution in [0.2, 0.25) is 0 Å².